The van der Waals surface area contributed by atoms with Gasteiger partial charge in [-0.2, -0.15) is 0 Å². The maximum absolute atomic E-state index is 13.6. The van der Waals surface area contributed by atoms with Crippen molar-refractivity contribution in [1.29, 1.82) is 0 Å². The third-order valence-electron chi connectivity index (χ3n) is 11.0. The predicted molar refractivity (Wildman–Crippen MR) is 192 cm³/mol. The Balaban J connectivity index is 1.02. The van der Waals surface area contributed by atoms with Gasteiger partial charge in [0.25, 0.3) is 23.6 Å². The molecule has 7 N–H and O–H groups in total. The molecular weight excluding hydrogens is 763 g/mol. The molecule has 0 saturated carbocycles. The number of anilines is 1. The number of aliphatic carboxylic acids is 2. The number of piperidine rings is 1. The lowest BCUT2D eigenvalue weighted by Gasteiger charge is -2.52. The number of hydrogen-bond donors (Lipinski definition) is 6. The molecule has 0 aliphatic carbocycles. The Labute approximate surface area is 320 Å². The number of carboxylic acids is 2. The van der Waals surface area contributed by atoms with Gasteiger partial charge in [0.15, 0.2) is 22.3 Å². The highest BCUT2D eigenvalue weighted by atomic mass is 32.2. The van der Waals surface area contributed by atoms with Crippen molar-refractivity contribution >= 4 is 69.5 Å². The van der Waals surface area contributed by atoms with Crippen molar-refractivity contribution in [3.8, 4) is 11.5 Å². The number of phenols is 2. The molecule has 2 bridgehead atoms. The number of carbonyl (C=O) groups excluding carboxylic acids is 4. The number of oxime groups is 1. The van der Waals surface area contributed by atoms with Gasteiger partial charge in [0.05, 0.1) is 36.9 Å². The lowest BCUT2D eigenvalue weighted by molar-refractivity contribution is -0.945. The van der Waals surface area contributed by atoms with Crippen molar-refractivity contribution in [1.82, 2.24) is 20.3 Å². The van der Waals surface area contributed by atoms with E-state index in [0.717, 1.165) is 36.3 Å². The molecule has 6 atom stereocenters. The van der Waals surface area contributed by atoms with E-state index < -0.39 is 69.8 Å². The van der Waals surface area contributed by atoms with E-state index in [0.29, 0.717) is 34.5 Å². The molecule has 3 saturated heterocycles. The highest BCUT2D eigenvalue weighted by Gasteiger charge is 2.57. The van der Waals surface area contributed by atoms with Gasteiger partial charge in [-0.05, 0) is 31.9 Å². The molecule has 292 valence electrons. The number of carboxylic acid groups (broad SMARTS) is 2. The first-order valence-corrected chi connectivity index (χ1v) is 19.2. The van der Waals surface area contributed by atoms with Crippen LogP contribution in [0.15, 0.2) is 33.9 Å². The average Bonchev–Trinajstić information content (AvgIpc) is 3.67. The summed E-state index contributed by atoms with van der Waals surface area (Å²) >= 11 is 2.33. The average molecular weight is 801 g/mol. The summed E-state index contributed by atoms with van der Waals surface area (Å²) < 4.78 is 0.547. The van der Waals surface area contributed by atoms with Crippen LogP contribution in [0.3, 0.4) is 0 Å². The highest BCUT2D eigenvalue weighted by molar-refractivity contribution is 8.00. The number of aromatic nitrogens is 1. The maximum atomic E-state index is 13.6. The maximum Gasteiger partial charge on any atom is 0.352 e. The molecule has 6 heterocycles. The van der Waals surface area contributed by atoms with E-state index in [2.05, 4.69) is 22.5 Å². The quantitative estimate of drug-likeness (QED) is 0.0438. The van der Waals surface area contributed by atoms with Crippen LogP contribution in [0.5, 0.6) is 11.5 Å². The van der Waals surface area contributed by atoms with E-state index in [1.807, 2.05) is 0 Å². The first-order chi connectivity index (χ1) is 25.9. The largest absolute Gasteiger partial charge is 0.504 e. The van der Waals surface area contributed by atoms with Gasteiger partial charge in [-0.1, -0.05) is 5.16 Å². The normalized spacial score (nSPS) is 27.5. The van der Waals surface area contributed by atoms with Gasteiger partial charge in [-0.3, -0.25) is 28.9 Å². The van der Waals surface area contributed by atoms with Gasteiger partial charge in [0.1, 0.15) is 29.4 Å². The van der Waals surface area contributed by atoms with Crippen LogP contribution in [0.4, 0.5) is 5.13 Å². The van der Waals surface area contributed by atoms with Gasteiger partial charge in [-0.25, -0.2) is 14.6 Å². The number of phenolic OH excluding ortho intramolecular Hbond substituents is 2. The van der Waals surface area contributed by atoms with Crippen LogP contribution < -0.4 is 11.1 Å². The van der Waals surface area contributed by atoms with Crippen molar-refractivity contribution in [2.45, 2.75) is 68.6 Å². The molecule has 2 unspecified atom stereocenters. The fourth-order valence-electron chi connectivity index (χ4n) is 8.01. The van der Waals surface area contributed by atoms with Gasteiger partial charge < -0.3 is 40.8 Å². The fraction of sp³-hybridized carbons (Fsp3) is 0.471. The highest BCUT2D eigenvalue weighted by Crippen LogP contribution is 2.47. The summed E-state index contributed by atoms with van der Waals surface area (Å²) in [6.45, 7) is 2.93. The van der Waals surface area contributed by atoms with E-state index in [1.54, 1.807) is 0 Å². The van der Waals surface area contributed by atoms with E-state index >= 15 is 0 Å². The standard InChI is InChI=1S/C34H37N7O12S2/c1-34(2,32(50)51)53-38-23(20-13-55-33(35)36-20)26(44)37-24-29(47)39-25(31(48)49)15(12-54-30(24)39)10-41(3)16-4-5-17(41)7-14(6-16)11-52-40-27(45)18-8-21(42)22(43)9-19(18)28(40)46/h8-9,13-14,16-17,24,30H,4-7,10-12H2,1-3H3,(H6-,35,36,37,38,42,43,44,45,46,48,49,50,51)/p+1/t14?,16-,17+,24-,30-,41?/m1/s1. The Bertz CT molecular complexity index is 2040. The third kappa shape index (κ3) is 6.53. The Hall–Kier alpha value is -5.25. The van der Waals surface area contributed by atoms with Gasteiger partial charge in [0.2, 0.25) is 5.60 Å². The van der Waals surface area contributed by atoms with Crippen LogP contribution in [-0.4, -0.2) is 136 Å². The molecule has 1 aromatic heterocycles. The number of amides is 4. The minimum absolute atomic E-state index is 0.00216. The Morgan fingerprint density at radius 3 is 2.24 bits per heavy atom. The number of rotatable bonds is 12. The van der Waals surface area contributed by atoms with Crippen LogP contribution in [0.1, 0.15) is 65.9 Å². The zero-order valence-electron chi connectivity index (χ0n) is 29.8. The molecule has 0 radical (unpaired) electrons. The first-order valence-electron chi connectivity index (χ1n) is 17.3. The minimum Gasteiger partial charge on any atom is -0.504 e. The van der Waals surface area contributed by atoms with Crippen LogP contribution in [0, 0.1) is 5.92 Å². The Kier molecular flexibility index (Phi) is 9.54. The molecule has 0 spiro atoms. The molecular formula is C34H38N7O12S2+. The predicted octanol–water partition coefficient (Wildman–Crippen LogP) is 1.07. The van der Waals surface area contributed by atoms with Gasteiger partial charge in [0, 0.05) is 42.4 Å². The number of nitrogen functional groups attached to an aromatic ring is 1. The molecule has 5 aliphatic heterocycles. The molecule has 55 heavy (non-hydrogen) atoms. The second-order valence-electron chi connectivity index (χ2n) is 14.9. The fourth-order valence-corrected chi connectivity index (χ4v) is 9.90. The number of thiazole rings is 1. The number of nitrogens with zero attached hydrogens (tertiary/aromatic N) is 5. The number of thioether (sulfide) groups is 1. The van der Waals surface area contributed by atoms with E-state index in [9.17, 15) is 49.2 Å². The van der Waals surface area contributed by atoms with E-state index in [1.165, 1.54) is 35.9 Å². The van der Waals surface area contributed by atoms with Crippen molar-refractivity contribution in [3.05, 3.63) is 45.6 Å². The number of aromatic hydroxyl groups is 2. The van der Waals surface area contributed by atoms with Crippen molar-refractivity contribution < 1.29 is 63.4 Å². The summed E-state index contributed by atoms with van der Waals surface area (Å²) in [4.78, 5) is 93.2. The number of nitrogens with one attached hydrogen (secondary N) is 1. The zero-order chi connectivity index (χ0) is 39.7. The second-order valence-corrected chi connectivity index (χ2v) is 16.8. The molecule has 5 aliphatic rings. The number of quaternary nitrogens is 1. The molecule has 1 aromatic carbocycles. The van der Waals surface area contributed by atoms with Crippen molar-refractivity contribution in [2.24, 2.45) is 11.1 Å². The van der Waals surface area contributed by atoms with Crippen LogP contribution in [0.2, 0.25) is 0 Å². The first kappa shape index (κ1) is 38.0. The number of fused-ring (bicyclic) bond motifs is 4. The van der Waals surface area contributed by atoms with Gasteiger partial charge in [-0.15, -0.1) is 28.2 Å². The van der Waals surface area contributed by atoms with E-state index in [4.69, 9.17) is 15.4 Å². The molecule has 2 aromatic rings. The number of imide groups is 1. The molecule has 7 rings (SSSR count). The molecule has 4 amide bonds. The number of carbonyl (C=O) groups is 6. The zero-order valence-corrected chi connectivity index (χ0v) is 31.4. The summed E-state index contributed by atoms with van der Waals surface area (Å²) in [6.07, 6.45) is 3.10. The number of benzene rings is 1. The smallest absolute Gasteiger partial charge is 0.352 e. The van der Waals surface area contributed by atoms with Crippen LogP contribution >= 0.6 is 23.1 Å². The monoisotopic (exact) mass is 800 g/mol. The van der Waals surface area contributed by atoms with Crippen LogP contribution in [-0.2, 0) is 28.9 Å². The molecule has 3 fully saturated rings. The summed E-state index contributed by atoms with van der Waals surface area (Å²) in [5.74, 6) is -6.37. The van der Waals surface area contributed by atoms with Crippen molar-refractivity contribution in [2.75, 3.05) is 31.7 Å². The number of hydroxylamine groups is 2. The number of hydrogen-bond acceptors (Lipinski definition) is 15. The number of β-lactam (4-membered cyclic amide) rings is 1. The van der Waals surface area contributed by atoms with E-state index in [-0.39, 0.29) is 58.0 Å². The summed E-state index contributed by atoms with van der Waals surface area (Å²) in [5.41, 5.74) is 3.87. The van der Waals surface area contributed by atoms with Gasteiger partial charge >= 0.3 is 11.9 Å². The Morgan fingerprint density at radius 1 is 1.07 bits per heavy atom. The minimum atomic E-state index is -1.80. The second kappa shape index (κ2) is 13.8. The lowest BCUT2D eigenvalue weighted by atomic mass is 9.88. The SMILES string of the molecule is CC(C)(O/N=C(\C(=O)N[C@@H]1C(=O)N2C(C(=O)O)=C(C[N+]3(C)[C@@H]4CC[C@H]3CC(CON3C(=O)c5cc(O)c(O)cc5C3=O)C4)CS[C@H]12)c1csc(N)n1)C(=O)O. The Morgan fingerprint density at radius 2 is 1.69 bits per heavy atom. The number of likely N-dealkylation sites (N-methyl/N-ethyl adjacent to an activating group) is 1. The molecule has 19 nitrogen and oxygen atoms in total. The topological polar surface area (TPSA) is 272 Å². The summed E-state index contributed by atoms with van der Waals surface area (Å²) in [6, 6.07) is 1.17. The summed E-state index contributed by atoms with van der Waals surface area (Å²) in [7, 11) is 2.08. The third-order valence-corrected chi connectivity index (χ3v) is 13.0. The van der Waals surface area contributed by atoms with Crippen LogP contribution in [0.25, 0.3) is 0 Å². The number of nitrogens with two attached hydrogens (primary N) is 1. The van der Waals surface area contributed by atoms with Crippen molar-refractivity contribution in [3.63, 3.8) is 0 Å². The molecule has 21 heteroatoms. The lowest BCUT2D eigenvalue weighted by Crippen LogP contribution is -2.71. The summed E-state index contributed by atoms with van der Waals surface area (Å²) in [5, 5.41) is 47.2.